The molecule has 0 aromatic heterocycles. The Bertz CT molecular complexity index is 383. The van der Waals surface area contributed by atoms with E-state index in [2.05, 4.69) is 4.90 Å². The van der Waals surface area contributed by atoms with Crippen molar-refractivity contribution in [3.05, 3.63) is 35.6 Å². The van der Waals surface area contributed by atoms with Gasteiger partial charge >= 0.3 is 0 Å². The minimum absolute atomic E-state index is 0.149. The third-order valence-electron chi connectivity index (χ3n) is 3.12. The van der Waals surface area contributed by atoms with Crippen molar-refractivity contribution in [2.45, 2.75) is 13.0 Å². The largest absolute Gasteiger partial charge is 0.344 e. The van der Waals surface area contributed by atoms with E-state index in [1.54, 1.807) is 11.0 Å². The predicted molar refractivity (Wildman–Crippen MR) is 63.9 cm³/mol. The molecule has 0 spiro atoms. The highest BCUT2D eigenvalue weighted by atomic mass is 19.1. The van der Waals surface area contributed by atoms with Gasteiger partial charge < -0.3 is 4.90 Å². The minimum atomic E-state index is -0.149. The van der Waals surface area contributed by atoms with Crippen LogP contribution >= 0.6 is 0 Å². The van der Waals surface area contributed by atoms with Gasteiger partial charge in [0.15, 0.2) is 0 Å². The van der Waals surface area contributed by atoms with Gasteiger partial charge in [0.05, 0.1) is 0 Å². The van der Waals surface area contributed by atoms with Gasteiger partial charge in [-0.25, -0.2) is 4.39 Å². The third-order valence-corrected chi connectivity index (χ3v) is 3.12. The molecule has 4 heteroatoms. The number of carbonyl (C=O) groups excluding carboxylic acids is 1. The summed E-state index contributed by atoms with van der Waals surface area (Å²) in [6.07, 6.45) is 1.85. The quantitative estimate of drug-likeness (QED) is 0.742. The summed E-state index contributed by atoms with van der Waals surface area (Å²) in [5, 5.41) is 0. The first-order valence-electron chi connectivity index (χ1n) is 5.94. The maximum atomic E-state index is 13.5. The summed E-state index contributed by atoms with van der Waals surface area (Å²) in [4.78, 5) is 14.7. The fourth-order valence-electron chi connectivity index (χ4n) is 2.12. The van der Waals surface area contributed by atoms with Gasteiger partial charge in [-0.1, -0.05) is 18.2 Å². The van der Waals surface area contributed by atoms with E-state index in [1.807, 2.05) is 12.1 Å². The molecular formula is C13H17FN2O. The Morgan fingerprint density at radius 1 is 1.18 bits per heavy atom. The third kappa shape index (κ3) is 3.27. The van der Waals surface area contributed by atoms with E-state index >= 15 is 0 Å². The standard InChI is InChI=1S/C13H17FN2O/c14-13-5-2-1-4-12(13)10-15-6-3-7-16(11-17)9-8-15/h1-2,4-5,11H,3,6-10H2. The van der Waals surface area contributed by atoms with E-state index in [-0.39, 0.29) is 5.82 Å². The topological polar surface area (TPSA) is 23.6 Å². The van der Waals surface area contributed by atoms with Crippen LogP contribution in [0, 0.1) is 5.82 Å². The van der Waals surface area contributed by atoms with Crippen molar-refractivity contribution in [1.82, 2.24) is 9.80 Å². The molecule has 0 unspecified atom stereocenters. The second-order valence-electron chi connectivity index (χ2n) is 4.36. The summed E-state index contributed by atoms with van der Waals surface area (Å²) in [6.45, 7) is 3.89. The Labute approximate surface area is 101 Å². The number of rotatable bonds is 3. The lowest BCUT2D eigenvalue weighted by Crippen LogP contribution is -2.29. The molecular weight excluding hydrogens is 219 g/mol. The van der Waals surface area contributed by atoms with Gasteiger partial charge in [0.25, 0.3) is 0 Å². The lowest BCUT2D eigenvalue weighted by atomic mass is 10.2. The zero-order chi connectivity index (χ0) is 12.1. The number of benzene rings is 1. The van der Waals surface area contributed by atoms with E-state index < -0.39 is 0 Å². The molecule has 0 aliphatic carbocycles. The molecule has 1 saturated heterocycles. The van der Waals surface area contributed by atoms with E-state index in [1.165, 1.54) is 6.07 Å². The van der Waals surface area contributed by atoms with Crippen LogP contribution in [-0.2, 0) is 11.3 Å². The molecule has 1 aromatic carbocycles. The van der Waals surface area contributed by atoms with Gasteiger partial charge in [-0.05, 0) is 12.5 Å². The molecule has 0 N–H and O–H groups in total. The fraction of sp³-hybridized carbons (Fsp3) is 0.462. The van der Waals surface area contributed by atoms with Crippen molar-refractivity contribution in [2.75, 3.05) is 26.2 Å². The van der Waals surface area contributed by atoms with Crippen LogP contribution in [0.5, 0.6) is 0 Å². The molecule has 0 atom stereocenters. The second-order valence-corrected chi connectivity index (χ2v) is 4.36. The van der Waals surface area contributed by atoms with Crippen LogP contribution in [0.2, 0.25) is 0 Å². The zero-order valence-corrected chi connectivity index (χ0v) is 9.81. The van der Waals surface area contributed by atoms with Crippen molar-refractivity contribution in [3.63, 3.8) is 0 Å². The van der Waals surface area contributed by atoms with E-state index in [0.717, 1.165) is 44.6 Å². The normalized spacial score (nSPS) is 17.8. The summed E-state index contributed by atoms with van der Waals surface area (Å²) in [5.74, 6) is -0.149. The molecule has 1 heterocycles. The number of amides is 1. The lowest BCUT2D eigenvalue weighted by Gasteiger charge is -2.20. The minimum Gasteiger partial charge on any atom is -0.344 e. The summed E-state index contributed by atoms with van der Waals surface area (Å²) in [5.41, 5.74) is 0.729. The molecule has 1 aliphatic heterocycles. The Kier molecular flexibility index (Phi) is 4.09. The average molecular weight is 236 g/mol. The summed E-state index contributed by atoms with van der Waals surface area (Å²) in [6, 6.07) is 6.87. The maximum Gasteiger partial charge on any atom is 0.209 e. The molecule has 2 rings (SSSR count). The molecule has 1 aliphatic rings. The monoisotopic (exact) mass is 236 g/mol. The number of nitrogens with zero attached hydrogens (tertiary/aromatic N) is 2. The molecule has 17 heavy (non-hydrogen) atoms. The van der Waals surface area contributed by atoms with Crippen LogP contribution in [-0.4, -0.2) is 42.4 Å². The van der Waals surface area contributed by atoms with Gasteiger partial charge in [0, 0.05) is 38.3 Å². The first-order valence-corrected chi connectivity index (χ1v) is 5.94. The summed E-state index contributed by atoms with van der Waals surface area (Å²) >= 11 is 0. The summed E-state index contributed by atoms with van der Waals surface area (Å²) < 4.78 is 13.5. The first kappa shape index (κ1) is 12.0. The zero-order valence-electron chi connectivity index (χ0n) is 9.81. The Morgan fingerprint density at radius 3 is 2.76 bits per heavy atom. The van der Waals surface area contributed by atoms with Crippen LogP contribution in [0.15, 0.2) is 24.3 Å². The van der Waals surface area contributed by atoms with Gasteiger partial charge in [0.2, 0.25) is 6.41 Å². The number of halogens is 1. The van der Waals surface area contributed by atoms with E-state index in [4.69, 9.17) is 0 Å². The second kappa shape index (κ2) is 5.77. The van der Waals surface area contributed by atoms with Crippen molar-refractivity contribution < 1.29 is 9.18 Å². The Morgan fingerprint density at radius 2 is 2.00 bits per heavy atom. The fourth-order valence-corrected chi connectivity index (χ4v) is 2.12. The average Bonchev–Trinajstić information content (AvgIpc) is 2.57. The molecule has 3 nitrogen and oxygen atoms in total. The molecule has 1 fully saturated rings. The molecule has 0 saturated carbocycles. The Balaban J connectivity index is 1.95. The molecule has 92 valence electrons. The first-order chi connectivity index (χ1) is 8.29. The van der Waals surface area contributed by atoms with Gasteiger partial charge in [-0.3, -0.25) is 9.69 Å². The maximum absolute atomic E-state index is 13.5. The van der Waals surface area contributed by atoms with Crippen molar-refractivity contribution in [2.24, 2.45) is 0 Å². The number of carbonyl (C=O) groups is 1. The van der Waals surface area contributed by atoms with Crippen LogP contribution in [0.25, 0.3) is 0 Å². The SMILES string of the molecule is O=CN1CCCN(Cc2ccccc2F)CC1. The predicted octanol–water partition coefficient (Wildman–Crippen LogP) is 1.49. The van der Waals surface area contributed by atoms with Crippen molar-refractivity contribution in [3.8, 4) is 0 Å². The Hall–Kier alpha value is -1.42. The molecule has 1 aromatic rings. The molecule has 0 bridgehead atoms. The van der Waals surface area contributed by atoms with Gasteiger partial charge in [0.1, 0.15) is 5.82 Å². The summed E-state index contributed by atoms with van der Waals surface area (Å²) in [7, 11) is 0. The van der Waals surface area contributed by atoms with Crippen LogP contribution in [0.3, 0.4) is 0 Å². The van der Waals surface area contributed by atoms with Crippen LogP contribution < -0.4 is 0 Å². The van der Waals surface area contributed by atoms with E-state index in [9.17, 15) is 9.18 Å². The van der Waals surface area contributed by atoms with Crippen molar-refractivity contribution >= 4 is 6.41 Å². The molecule has 1 amide bonds. The van der Waals surface area contributed by atoms with Gasteiger partial charge in [-0.15, -0.1) is 0 Å². The van der Waals surface area contributed by atoms with E-state index in [0.29, 0.717) is 6.54 Å². The highest BCUT2D eigenvalue weighted by Gasteiger charge is 2.14. The smallest absolute Gasteiger partial charge is 0.209 e. The van der Waals surface area contributed by atoms with Crippen molar-refractivity contribution in [1.29, 1.82) is 0 Å². The number of hydrogen-bond acceptors (Lipinski definition) is 2. The highest BCUT2D eigenvalue weighted by Crippen LogP contribution is 2.11. The van der Waals surface area contributed by atoms with Gasteiger partial charge in [-0.2, -0.15) is 0 Å². The number of hydrogen-bond donors (Lipinski definition) is 0. The van der Waals surface area contributed by atoms with Crippen LogP contribution in [0.4, 0.5) is 4.39 Å². The van der Waals surface area contributed by atoms with Crippen LogP contribution in [0.1, 0.15) is 12.0 Å². The molecule has 0 radical (unpaired) electrons. The lowest BCUT2D eigenvalue weighted by molar-refractivity contribution is -0.118. The highest BCUT2D eigenvalue weighted by molar-refractivity contribution is 5.46.